The van der Waals surface area contributed by atoms with Crippen molar-refractivity contribution >= 4 is 15.9 Å². The summed E-state index contributed by atoms with van der Waals surface area (Å²) in [5.74, 6) is 0.303. The van der Waals surface area contributed by atoms with Crippen molar-refractivity contribution in [1.82, 2.24) is 9.62 Å². The lowest BCUT2D eigenvalue weighted by molar-refractivity contribution is -0.120. The van der Waals surface area contributed by atoms with Crippen LogP contribution in [0.25, 0.3) is 0 Å². The second-order valence-corrected chi connectivity index (χ2v) is 7.29. The third-order valence-corrected chi connectivity index (χ3v) is 4.96. The molecule has 5 nitrogen and oxygen atoms in total. The Morgan fingerprint density at radius 1 is 1.28 bits per heavy atom. The van der Waals surface area contributed by atoms with Gasteiger partial charge in [-0.3, -0.25) is 4.79 Å². The van der Waals surface area contributed by atoms with Crippen molar-refractivity contribution in [3.63, 3.8) is 0 Å². The molecule has 6 heteroatoms. The molecule has 1 aliphatic heterocycles. The Kier molecular flexibility index (Phi) is 6.08. The van der Waals surface area contributed by atoms with Crippen molar-refractivity contribution in [1.29, 1.82) is 0 Å². The van der Waals surface area contributed by atoms with Crippen molar-refractivity contribution in [2.24, 2.45) is 5.92 Å². The van der Waals surface area contributed by atoms with Crippen LogP contribution < -0.4 is 5.32 Å². The van der Waals surface area contributed by atoms with Gasteiger partial charge in [-0.05, 0) is 25.2 Å². The highest BCUT2D eigenvalue weighted by Crippen LogP contribution is 2.13. The summed E-state index contributed by atoms with van der Waals surface area (Å²) in [7, 11) is -3.22. The normalized spacial score (nSPS) is 17.3. The zero-order chi connectivity index (χ0) is 13.6. The molecule has 1 fully saturated rings. The molecule has 1 saturated heterocycles. The molecule has 0 saturated carbocycles. The molecule has 1 aliphatic rings. The van der Waals surface area contributed by atoms with Crippen molar-refractivity contribution in [3.8, 4) is 0 Å². The van der Waals surface area contributed by atoms with Gasteiger partial charge in [0.25, 0.3) is 0 Å². The monoisotopic (exact) mass is 276 g/mol. The highest BCUT2D eigenvalue weighted by molar-refractivity contribution is 7.89. The van der Waals surface area contributed by atoms with Crippen LogP contribution in [0.2, 0.25) is 0 Å². The van der Waals surface area contributed by atoms with Crippen LogP contribution in [-0.2, 0) is 14.8 Å². The molecule has 0 atom stereocenters. The van der Waals surface area contributed by atoms with Crippen molar-refractivity contribution in [3.05, 3.63) is 0 Å². The lowest BCUT2D eigenvalue weighted by Crippen LogP contribution is -2.33. The highest BCUT2D eigenvalue weighted by Gasteiger charge is 2.25. The largest absolute Gasteiger partial charge is 0.356 e. The molecule has 1 heterocycles. The number of hydrogen-bond acceptors (Lipinski definition) is 3. The van der Waals surface area contributed by atoms with E-state index >= 15 is 0 Å². The first-order valence-corrected chi connectivity index (χ1v) is 8.27. The average molecular weight is 276 g/mol. The fraction of sp³-hybridized carbons (Fsp3) is 0.917. The minimum absolute atomic E-state index is 0.0664. The van der Waals surface area contributed by atoms with E-state index in [0.29, 0.717) is 25.6 Å². The summed E-state index contributed by atoms with van der Waals surface area (Å²) < 4.78 is 25.2. The molecular formula is C12H24N2O3S. The van der Waals surface area contributed by atoms with Gasteiger partial charge < -0.3 is 5.32 Å². The van der Waals surface area contributed by atoms with Gasteiger partial charge in [0.05, 0.1) is 5.75 Å². The number of rotatable bonds is 7. The lowest BCUT2D eigenvalue weighted by Gasteiger charge is -2.15. The zero-order valence-corrected chi connectivity index (χ0v) is 12.1. The first kappa shape index (κ1) is 15.4. The average Bonchev–Trinajstić information content (AvgIpc) is 2.80. The molecule has 18 heavy (non-hydrogen) atoms. The van der Waals surface area contributed by atoms with Gasteiger partial charge in [0.1, 0.15) is 0 Å². The van der Waals surface area contributed by atoms with Gasteiger partial charge >= 0.3 is 0 Å². The van der Waals surface area contributed by atoms with Crippen LogP contribution in [0.3, 0.4) is 0 Å². The van der Waals surface area contributed by atoms with E-state index in [2.05, 4.69) is 19.2 Å². The van der Waals surface area contributed by atoms with Gasteiger partial charge in [-0.15, -0.1) is 0 Å². The Labute approximate surface area is 110 Å². The molecular weight excluding hydrogens is 252 g/mol. The van der Waals surface area contributed by atoms with Crippen LogP contribution in [0.4, 0.5) is 0 Å². The third kappa shape index (κ3) is 5.35. The molecule has 0 bridgehead atoms. The van der Waals surface area contributed by atoms with E-state index in [-0.39, 0.29) is 18.1 Å². The van der Waals surface area contributed by atoms with Gasteiger partial charge in [-0.1, -0.05) is 13.8 Å². The zero-order valence-electron chi connectivity index (χ0n) is 11.3. The Bertz CT molecular complexity index is 360. The smallest absolute Gasteiger partial charge is 0.221 e. The summed E-state index contributed by atoms with van der Waals surface area (Å²) >= 11 is 0. The molecule has 0 unspecified atom stereocenters. The topological polar surface area (TPSA) is 66.5 Å². The van der Waals surface area contributed by atoms with Crippen molar-refractivity contribution in [2.75, 3.05) is 25.4 Å². The van der Waals surface area contributed by atoms with E-state index in [9.17, 15) is 13.2 Å². The summed E-state index contributed by atoms with van der Waals surface area (Å²) in [6.07, 6.45) is 2.85. The fourth-order valence-corrected chi connectivity index (χ4v) is 3.42. The summed E-state index contributed by atoms with van der Waals surface area (Å²) in [6, 6.07) is 0. The molecule has 1 rings (SSSR count). The number of hydrogen-bond donors (Lipinski definition) is 1. The Morgan fingerprint density at radius 3 is 2.44 bits per heavy atom. The Hall–Kier alpha value is -0.620. The maximum Gasteiger partial charge on any atom is 0.221 e. The van der Waals surface area contributed by atoms with Crippen LogP contribution in [0, 0.1) is 5.92 Å². The minimum atomic E-state index is -3.22. The first-order valence-electron chi connectivity index (χ1n) is 6.66. The van der Waals surface area contributed by atoms with Gasteiger partial charge in [0.15, 0.2) is 0 Å². The van der Waals surface area contributed by atoms with Crippen LogP contribution >= 0.6 is 0 Å². The summed E-state index contributed by atoms with van der Waals surface area (Å²) in [6.45, 7) is 6.02. The highest BCUT2D eigenvalue weighted by atomic mass is 32.2. The Morgan fingerprint density at radius 2 is 1.89 bits per heavy atom. The van der Waals surface area contributed by atoms with E-state index in [0.717, 1.165) is 19.3 Å². The lowest BCUT2D eigenvalue weighted by atomic mass is 10.1. The number of carbonyl (C=O) groups is 1. The fourth-order valence-electron chi connectivity index (χ4n) is 1.91. The Balaban J connectivity index is 2.24. The van der Waals surface area contributed by atoms with E-state index in [1.54, 1.807) is 0 Å². The first-order chi connectivity index (χ1) is 8.42. The van der Waals surface area contributed by atoms with Gasteiger partial charge in [-0.2, -0.15) is 0 Å². The molecule has 1 N–H and O–H groups in total. The van der Waals surface area contributed by atoms with Crippen LogP contribution in [0.15, 0.2) is 0 Å². The molecule has 0 aliphatic carbocycles. The number of nitrogens with zero attached hydrogens (tertiary/aromatic N) is 1. The van der Waals surface area contributed by atoms with Gasteiger partial charge in [0.2, 0.25) is 15.9 Å². The summed E-state index contributed by atoms with van der Waals surface area (Å²) in [4.78, 5) is 11.5. The number of carbonyl (C=O) groups excluding carboxylic acids is 1. The summed E-state index contributed by atoms with van der Waals surface area (Å²) in [5.41, 5.74) is 0. The number of nitrogens with one attached hydrogen (secondary N) is 1. The SMILES string of the molecule is CC(C)CCNC(=O)CCS(=O)(=O)N1CCCC1. The van der Waals surface area contributed by atoms with E-state index in [1.165, 1.54) is 4.31 Å². The van der Waals surface area contributed by atoms with Crippen LogP contribution in [0.1, 0.15) is 39.5 Å². The maximum atomic E-state index is 11.9. The molecule has 0 spiro atoms. The third-order valence-electron chi connectivity index (χ3n) is 3.09. The summed E-state index contributed by atoms with van der Waals surface area (Å²) in [5, 5.41) is 2.76. The molecule has 0 aromatic heterocycles. The molecule has 1 amide bonds. The predicted molar refractivity (Wildman–Crippen MR) is 71.7 cm³/mol. The number of amides is 1. The quantitative estimate of drug-likeness (QED) is 0.753. The van der Waals surface area contributed by atoms with Gasteiger partial charge in [-0.25, -0.2) is 12.7 Å². The molecule has 106 valence electrons. The van der Waals surface area contributed by atoms with Crippen molar-refractivity contribution in [2.45, 2.75) is 39.5 Å². The predicted octanol–water partition coefficient (Wildman–Crippen LogP) is 0.964. The molecule has 0 aromatic carbocycles. The molecule has 0 aromatic rings. The maximum absolute atomic E-state index is 11.9. The van der Waals surface area contributed by atoms with Crippen LogP contribution in [0.5, 0.6) is 0 Å². The minimum Gasteiger partial charge on any atom is -0.356 e. The second-order valence-electron chi connectivity index (χ2n) is 5.20. The van der Waals surface area contributed by atoms with E-state index in [4.69, 9.17) is 0 Å². The standard InChI is InChI=1S/C12H24N2O3S/c1-11(2)5-7-13-12(15)6-10-18(16,17)14-8-3-4-9-14/h11H,3-10H2,1-2H3,(H,13,15). The van der Waals surface area contributed by atoms with E-state index in [1.807, 2.05) is 0 Å². The molecule has 0 radical (unpaired) electrons. The van der Waals surface area contributed by atoms with Gasteiger partial charge in [0, 0.05) is 26.1 Å². The number of sulfonamides is 1. The van der Waals surface area contributed by atoms with Crippen molar-refractivity contribution < 1.29 is 13.2 Å². The second kappa shape index (κ2) is 7.09. The van der Waals surface area contributed by atoms with E-state index < -0.39 is 10.0 Å². The van der Waals surface area contributed by atoms with Crippen LogP contribution in [-0.4, -0.2) is 44.0 Å².